The Labute approximate surface area is 119 Å². The first-order chi connectivity index (χ1) is 9.56. The van der Waals surface area contributed by atoms with Gasteiger partial charge in [0.15, 0.2) is 0 Å². The molecule has 0 spiro atoms. The maximum atomic E-state index is 13.0. The number of pyridine rings is 1. The molecule has 5 heteroatoms. The third-order valence-electron chi connectivity index (χ3n) is 3.66. The zero-order valence-electron chi connectivity index (χ0n) is 12.2. The van der Waals surface area contributed by atoms with E-state index in [9.17, 15) is 9.18 Å². The number of amides is 1. The Bertz CT molecular complexity index is 456. The van der Waals surface area contributed by atoms with Crippen LogP contribution in [-0.4, -0.2) is 53.4 Å². The molecule has 1 aliphatic rings. The van der Waals surface area contributed by atoms with E-state index in [1.807, 2.05) is 0 Å². The molecule has 2 heterocycles. The first-order valence-corrected chi connectivity index (χ1v) is 7.19. The fourth-order valence-electron chi connectivity index (χ4n) is 2.33. The lowest BCUT2D eigenvalue weighted by Crippen LogP contribution is -2.49. The molecule has 0 atom stereocenters. The van der Waals surface area contributed by atoms with E-state index in [4.69, 9.17) is 0 Å². The zero-order valence-corrected chi connectivity index (χ0v) is 12.2. The van der Waals surface area contributed by atoms with Gasteiger partial charge in [0, 0.05) is 44.0 Å². The minimum Gasteiger partial charge on any atom is -0.336 e. The molecule has 1 saturated heterocycles. The van der Waals surface area contributed by atoms with Crippen LogP contribution in [0.1, 0.15) is 30.6 Å². The highest BCUT2D eigenvalue weighted by atomic mass is 19.1. The first-order valence-electron chi connectivity index (χ1n) is 7.19. The Morgan fingerprint density at radius 2 is 2.05 bits per heavy atom. The molecule has 1 aliphatic heterocycles. The van der Waals surface area contributed by atoms with Crippen molar-refractivity contribution in [3.05, 3.63) is 29.8 Å². The number of nitrogens with zero attached hydrogens (tertiary/aromatic N) is 3. The molecule has 0 aliphatic carbocycles. The van der Waals surface area contributed by atoms with Crippen molar-refractivity contribution in [2.75, 3.05) is 32.7 Å². The van der Waals surface area contributed by atoms with Crippen molar-refractivity contribution in [1.29, 1.82) is 0 Å². The van der Waals surface area contributed by atoms with Crippen LogP contribution in [0.2, 0.25) is 0 Å². The largest absolute Gasteiger partial charge is 0.336 e. The summed E-state index contributed by atoms with van der Waals surface area (Å²) in [6.07, 6.45) is 2.52. The van der Waals surface area contributed by atoms with Gasteiger partial charge in [-0.1, -0.05) is 13.8 Å². The minimum absolute atomic E-state index is 0.102. The Morgan fingerprint density at radius 3 is 2.65 bits per heavy atom. The van der Waals surface area contributed by atoms with E-state index in [1.165, 1.54) is 18.7 Å². The average molecular weight is 279 g/mol. The summed E-state index contributed by atoms with van der Waals surface area (Å²) in [4.78, 5) is 19.9. The summed E-state index contributed by atoms with van der Waals surface area (Å²) in [5.41, 5.74) is 0.383. The van der Waals surface area contributed by atoms with Crippen LogP contribution in [-0.2, 0) is 0 Å². The molecular weight excluding hydrogens is 257 g/mol. The van der Waals surface area contributed by atoms with Gasteiger partial charge < -0.3 is 4.90 Å². The molecule has 0 unspecified atom stereocenters. The van der Waals surface area contributed by atoms with E-state index in [2.05, 4.69) is 23.7 Å². The van der Waals surface area contributed by atoms with Crippen LogP contribution < -0.4 is 0 Å². The second-order valence-corrected chi connectivity index (χ2v) is 5.68. The number of piperazine rings is 1. The number of hydrogen-bond donors (Lipinski definition) is 0. The van der Waals surface area contributed by atoms with E-state index in [0.29, 0.717) is 24.6 Å². The van der Waals surface area contributed by atoms with Gasteiger partial charge in [0.25, 0.3) is 5.91 Å². The average Bonchev–Trinajstić information content (AvgIpc) is 2.45. The van der Waals surface area contributed by atoms with E-state index in [0.717, 1.165) is 19.6 Å². The maximum absolute atomic E-state index is 13.0. The van der Waals surface area contributed by atoms with Gasteiger partial charge in [-0.3, -0.25) is 9.69 Å². The van der Waals surface area contributed by atoms with E-state index < -0.39 is 5.95 Å². The summed E-state index contributed by atoms with van der Waals surface area (Å²) in [6.45, 7) is 8.74. The van der Waals surface area contributed by atoms with Crippen LogP contribution in [0, 0.1) is 11.9 Å². The van der Waals surface area contributed by atoms with Gasteiger partial charge in [0.2, 0.25) is 5.95 Å². The van der Waals surface area contributed by atoms with Crippen molar-refractivity contribution in [1.82, 2.24) is 14.8 Å². The van der Waals surface area contributed by atoms with E-state index in [1.54, 1.807) is 11.0 Å². The van der Waals surface area contributed by atoms with Gasteiger partial charge in [-0.15, -0.1) is 0 Å². The smallest absolute Gasteiger partial charge is 0.254 e. The molecule has 1 fully saturated rings. The number of halogens is 1. The highest BCUT2D eigenvalue weighted by Gasteiger charge is 2.22. The number of aromatic nitrogens is 1. The molecule has 0 saturated carbocycles. The third-order valence-corrected chi connectivity index (χ3v) is 3.66. The second kappa shape index (κ2) is 6.79. The van der Waals surface area contributed by atoms with Gasteiger partial charge in [-0.05, 0) is 24.9 Å². The predicted molar refractivity (Wildman–Crippen MR) is 76.0 cm³/mol. The highest BCUT2D eigenvalue weighted by Crippen LogP contribution is 2.10. The lowest BCUT2D eigenvalue weighted by molar-refractivity contribution is 0.0631. The van der Waals surface area contributed by atoms with Crippen LogP contribution in [0.4, 0.5) is 4.39 Å². The monoisotopic (exact) mass is 279 g/mol. The molecule has 4 nitrogen and oxygen atoms in total. The van der Waals surface area contributed by atoms with Crippen molar-refractivity contribution < 1.29 is 9.18 Å². The van der Waals surface area contributed by atoms with Gasteiger partial charge in [0.1, 0.15) is 0 Å². The fraction of sp³-hybridized carbons (Fsp3) is 0.600. The first kappa shape index (κ1) is 14.9. The lowest BCUT2D eigenvalue weighted by atomic mass is 10.1. The summed E-state index contributed by atoms with van der Waals surface area (Å²) in [7, 11) is 0. The maximum Gasteiger partial charge on any atom is 0.254 e. The van der Waals surface area contributed by atoms with Crippen LogP contribution in [0.25, 0.3) is 0 Å². The molecule has 0 aromatic carbocycles. The highest BCUT2D eigenvalue weighted by molar-refractivity contribution is 5.94. The van der Waals surface area contributed by atoms with E-state index >= 15 is 0 Å². The Balaban J connectivity index is 1.86. The molecule has 20 heavy (non-hydrogen) atoms. The normalized spacial score (nSPS) is 16.7. The van der Waals surface area contributed by atoms with Gasteiger partial charge in [-0.25, -0.2) is 4.98 Å². The van der Waals surface area contributed by atoms with E-state index in [-0.39, 0.29) is 5.91 Å². The van der Waals surface area contributed by atoms with Crippen molar-refractivity contribution >= 4 is 5.91 Å². The molecule has 0 radical (unpaired) electrons. The van der Waals surface area contributed by atoms with Crippen molar-refractivity contribution in [2.45, 2.75) is 20.3 Å². The minimum atomic E-state index is -0.605. The van der Waals surface area contributed by atoms with Crippen LogP contribution >= 0.6 is 0 Å². The van der Waals surface area contributed by atoms with Crippen LogP contribution in [0.5, 0.6) is 0 Å². The Kier molecular flexibility index (Phi) is 5.06. The standard InChI is InChI=1S/C15H22FN3O/c1-12(2)4-6-18-7-9-19(10-8-18)15(20)13-3-5-17-14(16)11-13/h3,5,11-12H,4,6-10H2,1-2H3. The molecule has 0 bridgehead atoms. The van der Waals surface area contributed by atoms with Crippen molar-refractivity contribution in [3.8, 4) is 0 Å². The molecule has 0 N–H and O–H groups in total. The van der Waals surface area contributed by atoms with Crippen LogP contribution in [0.15, 0.2) is 18.3 Å². The van der Waals surface area contributed by atoms with Gasteiger partial charge in [-0.2, -0.15) is 4.39 Å². The molecule has 1 amide bonds. The predicted octanol–water partition coefficient (Wildman–Crippen LogP) is 2.02. The lowest BCUT2D eigenvalue weighted by Gasteiger charge is -2.35. The Hall–Kier alpha value is -1.49. The number of carbonyl (C=O) groups excluding carboxylic acids is 1. The summed E-state index contributed by atoms with van der Waals surface area (Å²) >= 11 is 0. The SMILES string of the molecule is CC(C)CCN1CCN(C(=O)c2ccnc(F)c2)CC1. The Morgan fingerprint density at radius 1 is 1.35 bits per heavy atom. The topological polar surface area (TPSA) is 36.4 Å². The fourth-order valence-corrected chi connectivity index (χ4v) is 2.33. The second-order valence-electron chi connectivity index (χ2n) is 5.68. The molecule has 1 aromatic rings. The van der Waals surface area contributed by atoms with Crippen LogP contribution in [0.3, 0.4) is 0 Å². The summed E-state index contributed by atoms with van der Waals surface area (Å²) in [5, 5.41) is 0. The molecular formula is C15H22FN3O. The quantitative estimate of drug-likeness (QED) is 0.791. The number of rotatable bonds is 4. The zero-order chi connectivity index (χ0) is 14.5. The summed E-state index contributed by atoms with van der Waals surface area (Å²) < 4.78 is 13.0. The van der Waals surface area contributed by atoms with Crippen molar-refractivity contribution in [2.24, 2.45) is 5.92 Å². The molecule has 110 valence electrons. The molecule has 1 aromatic heterocycles. The summed E-state index contributed by atoms with van der Waals surface area (Å²) in [6, 6.07) is 2.77. The third kappa shape index (κ3) is 4.00. The molecule has 2 rings (SSSR count). The number of hydrogen-bond acceptors (Lipinski definition) is 3. The van der Waals surface area contributed by atoms with Crippen molar-refractivity contribution in [3.63, 3.8) is 0 Å². The number of carbonyl (C=O) groups is 1. The van der Waals surface area contributed by atoms with Gasteiger partial charge >= 0.3 is 0 Å². The summed E-state index contributed by atoms with van der Waals surface area (Å²) in [5.74, 6) is -0.00400. The van der Waals surface area contributed by atoms with Gasteiger partial charge in [0.05, 0.1) is 0 Å².